The minimum atomic E-state index is -5.95. The zero-order valence-corrected chi connectivity index (χ0v) is 16.1. The fourth-order valence-electron chi connectivity index (χ4n) is 2.61. The van der Waals surface area contributed by atoms with Gasteiger partial charge >= 0.3 is 15.6 Å². The quantitative estimate of drug-likeness (QED) is 0.204. The Bertz CT molecular complexity index is 1040. The zero-order chi connectivity index (χ0) is 21.3. The van der Waals surface area contributed by atoms with E-state index >= 15 is 0 Å². The number of halogens is 5. The van der Waals surface area contributed by atoms with Crippen LogP contribution in [-0.4, -0.2) is 17.6 Å². The lowest BCUT2D eigenvalue weighted by Crippen LogP contribution is -2.30. The molecule has 0 aliphatic heterocycles. The third-order valence-electron chi connectivity index (χ3n) is 3.90. The van der Waals surface area contributed by atoms with Crippen molar-refractivity contribution in [2.75, 3.05) is 0 Å². The van der Waals surface area contributed by atoms with E-state index in [2.05, 4.69) is 3.63 Å². The molecule has 3 nitrogen and oxygen atoms in total. The van der Waals surface area contributed by atoms with Crippen LogP contribution in [0.4, 0.5) is 22.0 Å². The van der Waals surface area contributed by atoms with Gasteiger partial charge in [0.25, 0.3) is 0 Å². The van der Waals surface area contributed by atoms with Crippen LogP contribution in [0.15, 0.2) is 93.5 Å². The van der Waals surface area contributed by atoms with E-state index in [1.165, 1.54) is 48.5 Å². The molecular formula is C19H14F5O3S2+. The van der Waals surface area contributed by atoms with Gasteiger partial charge in [-0.3, -0.25) is 3.63 Å². The molecule has 0 spiro atoms. The Balaban J connectivity index is 2.39. The number of hydrogen-bond acceptors (Lipinski definition) is 2. The highest BCUT2D eigenvalue weighted by molar-refractivity contribution is 8.32. The molecule has 10 heteroatoms. The summed E-state index contributed by atoms with van der Waals surface area (Å²) < 4.78 is 94.3. The summed E-state index contributed by atoms with van der Waals surface area (Å²) in [4.78, 5) is 0.250. The first-order chi connectivity index (χ1) is 13.6. The molecule has 0 bridgehead atoms. The lowest BCUT2D eigenvalue weighted by molar-refractivity contribution is -0.0540. The average Bonchev–Trinajstić information content (AvgIpc) is 2.67. The normalized spacial score (nSPS) is 13.3. The molecule has 154 valence electrons. The molecule has 3 aromatic rings. The van der Waals surface area contributed by atoms with Crippen molar-refractivity contribution in [3.05, 3.63) is 90.5 Å². The maximum absolute atomic E-state index is 13.5. The van der Waals surface area contributed by atoms with Crippen molar-refractivity contribution in [1.29, 1.82) is 0 Å². The lowest BCUT2D eigenvalue weighted by atomic mass is 10.3. The molecule has 0 fully saturated rings. The van der Waals surface area contributed by atoms with Gasteiger partial charge in [0.05, 0.1) is 25.0 Å². The fourth-order valence-corrected chi connectivity index (χ4v) is 7.58. The largest absolute Gasteiger partial charge is 0.572 e. The summed E-state index contributed by atoms with van der Waals surface area (Å²) in [6, 6.07) is 16.2. The van der Waals surface area contributed by atoms with Crippen molar-refractivity contribution in [3.8, 4) is 0 Å². The van der Waals surface area contributed by atoms with Crippen molar-refractivity contribution < 1.29 is 34.0 Å². The van der Waals surface area contributed by atoms with E-state index in [9.17, 15) is 30.4 Å². The van der Waals surface area contributed by atoms with Crippen molar-refractivity contribution in [3.63, 3.8) is 0 Å². The molecule has 0 heterocycles. The highest BCUT2D eigenvalue weighted by Gasteiger charge is 2.57. The SMILES string of the molecule is O=S(=O)([OH+]S(c1ccccc1)(c1ccc(F)cc1)c1ccc(F)cc1)C(F)(F)F. The number of rotatable bonds is 5. The van der Waals surface area contributed by atoms with Crippen LogP contribution < -0.4 is 0 Å². The molecule has 0 unspecified atom stereocenters. The topological polar surface area (TPSA) is 46.9 Å². The molecule has 0 amide bonds. The summed E-state index contributed by atoms with van der Waals surface area (Å²) in [5.41, 5.74) is -5.64. The predicted molar refractivity (Wildman–Crippen MR) is 99.2 cm³/mol. The molecule has 0 atom stereocenters. The Morgan fingerprint density at radius 1 is 0.621 bits per heavy atom. The second-order valence-electron chi connectivity index (χ2n) is 5.80. The van der Waals surface area contributed by atoms with Gasteiger partial charge in [0.15, 0.2) is 0 Å². The molecule has 0 aromatic heterocycles. The standard InChI is InChI=1S/C19H13F5O3S2/c20-14-6-10-17(11-7-14)28(16-4-2-1-3-5-16,18-12-8-15(21)9-13-18)27-29(25,26)19(22,23)24/h1-13H/p+1. The molecule has 0 saturated heterocycles. The molecule has 3 rings (SSSR count). The van der Waals surface area contributed by atoms with Crippen LogP contribution in [0.2, 0.25) is 0 Å². The summed E-state index contributed by atoms with van der Waals surface area (Å²) in [5, 5.41) is 0. The fraction of sp³-hybridized carbons (Fsp3) is 0.0526. The highest BCUT2D eigenvalue weighted by Crippen LogP contribution is 2.68. The van der Waals surface area contributed by atoms with Gasteiger partial charge < -0.3 is 0 Å². The molecule has 0 aliphatic carbocycles. The van der Waals surface area contributed by atoms with E-state index in [0.717, 1.165) is 24.3 Å². The monoisotopic (exact) mass is 449 g/mol. The van der Waals surface area contributed by atoms with Crippen LogP contribution in [0, 0.1) is 11.6 Å². The smallest absolute Gasteiger partial charge is 0.255 e. The van der Waals surface area contributed by atoms with Crippen LogP contribution in [0.5, 0.6) is 0 Å². The summed E-state index contributed by atoms with van der Waals surface area (Å²) >= 11 is 0. The van der Waals surface area contributed by atoms with E-state index in [4.69, 9.17) is 0 Å². The number of benzene rings is 3. The Morgan fingerprint density at radius 2 is 1.00 bits per heavy atom. The van der Waals surface area contributed by atoms with Crippen LogP contribution in [0.3, 0.4) is 0 Å². The van der Waals surface area contributed by atoms with E-state index < -0.39 is 37.6 Å². The Kier molecular flexibility index (Phi) is 5.70. The summed E-state index contributed by atoms with van der Waals surface area (Å²) in [5.74, 6) is -1.32. The van der Waals surface area contributed by atoms with Crippen LogP contribution in [0.25, 0.3) is 0 Å². The van der Waals surface area contributed by atoms with Gasteiger partial charge in [0.2, 0.25) is 0 Å². The minimum Gasteiger partial charge on any atom is -0.255 e. The van der Waals surface area contributed by atoms with Gasteiger partial charge in [-0.25, -0.2) is 8.78 Å². The molecule has 29 heavy (non-hydrogen) atoms. The Labute approximate surface area is 165 Å². The first-order valence-corrected chi connectivity index (χ1v) is 11.0. The van der Waals surface area contributed by atoms with E-state index in [0.29, 0.717) is 0 Å². The Hall–Kier alpha value is -2.43. The first kappa shape index (κ1) is 21.3. The average molecular weight is 449 g/mol. The highest BCUT2D eigenvalue weighted by atomic mass is 32.3. The van der Waals surface area contributed by atoms with Gasteiger partial charge in [0.1, 0.15) is 11.6 Å². The predicted octanol–water partition coefficient (Wildman–Crippen LogP) is 6.10. The first-order valence-electron chi connectivity index (χ1n) is 8.01. The third kappa shape index (κ3) is 4.14. The van der Waals surface area contributed by atoms with Gasteiger partial charge in [-0.15, -0.1) is 8.42 Å². The molecule has 3 aromatic carbocycles. The summed E-state index contributed by atoms with van der Waals surface area (Å²) in [6.45, 7) is 0. The number of alkyl halides is 3. The van der Waals surface area contributed by atoms with Crippen molar-refractivity contribution in [1.82, 2.24) is 0 Å². The van der Waals surface area contributed by atoms with Crippen molar-refractivity contribution in [2.45, 2.75) is 20.2 Å². The second-order valence-corrected chi connectivity index (χ2v) is 10.4. The molecule has 0 aliphatic rings. The van der Waals surface area contributed by atoms with Gasteiger partial charge in [-0.2, -0.15) is 13.2 Å². The zero-order valence-electron chi connectivity index (χ0n) is 14.5. The number of hydrogen-bond donors (Lipinski definition) is 0. The van der Waals surface area contributed by atoms with E-state index in [-0.39, 0.29) is 14.7 Å². The van der Waals surface area contributed by atoms with Crippen LogP contribution >= 0.6 is 10.3 Å². The van der Waals surface area contributed by atoms with Gasteiger partial charge in [-0.05, 0) is 60.7 Å². The van der Waals surface area contributed by atoms with E-state index in [1.807, 2.05) is 0 Å². The van der Waals surface area contributed by atoms with Crippen molar-refractivity contribution >= 4 is 20.4 Å². The lowest BCUT2D eigenvalue weighted by Gasteiger charge is -2.34. The molecular weight excluding hydrogens is 435 g/mol. The Morgan fingerprint density at radius 3 is 1.38 bits per heavy atom. The van der Waals surface area contributed by atoms with Gasteiger partial charge in [0, 0.05) is 0 Å². The van der Waals surface area contributed by atoms with Gasteiger partial charge in [-0.1, -0.05) is 18.2 Å². The maximum Gasteiger partial charge on any atom is 0.572 e. The molecule has 0 saturated carbocycles. The third-order valence-corrected chi connectivity index (χ3v) is 9.02. The molecule has 1 N–H and O–H groups in total. The van der Waals surface area contributed by atoms with Crippen LogP contribution in [-0.2, 0) is 10.1 Å². The van der Waals surface area contributed by atoms with Crippen LogP contribution in [0.1, 0.15) is 0 Å². The molecule has 0 radical (unpaired) electrons. The maximum atomic E-state index is 13.5. The van der Waals surface area contributed by atoms with E-state index in [1.54, 1.807) is 6.07 Å². The summed E-state index contributed by atoms with van der Waals surface area (Å²) in [6.07, 6.45) is 0. The minimum absolute atomic E-state index is 0.0459. The second kappa shape index (κ2) is 7.77. The van der Waals surface area contributed by atoms with Crippen molar-refractivity contribution in [2.24, 2.45) is 0 Å². The summed E-state index contributed by atoms with van der Waals surface area (Å²) in [7, 11) is -9.37.